The molecule has 7 heteroatoms. The predicted octanol–water partition coefficient (Wildman–Crippen LogP) is -0.632. The molecule has 0 aliphatic rings. The van der Waals surface area contributed by atoms with E-state index in [1.54, 1.807) is 19.0 Å². The topological polar surface area (TPSA) is 83.9 Å². The fourth-order valence-corrected chi connectivity index (χ4v) is 1.64. The number of ether oxygens (including phenoxy) is 1. The molecule has 84 valence electrons. The van der Waals surface area contributed by atoms with E-state index in [9.17, 15) is 13.2 Å². The number of rotatable bonds is 5. The third kappa shape index (κ3) is 7.96. The molecule has 0 saturated heterocycles. The van der Waals surface area contributed by atoms with Crippen LogP contribution in [0.1, 0.15) is 6.92 Å². The van der Waals surface area contributed by atoms with E-state index in [2.05, 4.69) is 0 Å². The molecular formula is C7H15NO5S. The lowest BCUT2D eigenvalue weighted by Gasteiger charge is -2.19. The quantitative estimate of drug-likeness (QED) is 0.495. The van der Waals surface area contributed by atoms with Gasteiger partial charge in [0.2, 0.25) is 0 Å². The van der Waals surface area contributed by atoms with Gasteiger partial charge in [0.25, 0.3) is 10.1 Å². The van der Waals surface area contributed by atoms with Crippen LogP contribution in [0.3, 0.4) is 0 Å². The Hall–Kier alpha value is -0.660. The van der Waals surface area contributed by atoms with Gasteiger partial charge in [0.05, 0.1) is 0 Å². The van der Waals surface area contributed by atoms with Gasteiger partial charge in [0, 0.05) is 13.5 Å². The van der Waals surface area contributed by atoms with E-state index in [1.807, 2.05) is 0 Å². The lowest BCUT2D eigenvalue weighted by Crippen LogP contribution is -2.35. The first-order chi connectivity index (χ1) is 6.20. The standard InChI is InChI=1S/C7H15NO5S/c1-6(9)13-7(4-8(2)3)5-14(10,11)12/h7H,4-5H2,1-3H3,(H,10,11,12). The Morgan fingerprint density at radius 1 is 1.50 bits per heavy atom. The van der Waals surface area contributed by atoms with E-state index in [-0.39, 0.29) is 6.54 Å². The van der Waals surface area contributed by atoms with Crippen LogP contribution >= 0.6 is 0 Å². The van der Waals surface area contributed by atoms with Gasteiger partial charge in [0.15, 0.2) is 0 Å². The molecule has 1 N–H and O–H groups in total. The molecule has 0 amide bonds. The summed E-state index contributed by atoms with van der Waals surface area (Å²) in [4.78, 5) is 12.3. The van der Waals surface area contributed by atoms with Crippen LogP contribution in [0.25, 0.3) is 0 Å². The monoisotopic (exact) mass is 225 g/mol. The van der Waals surface area contributed by atoms with Gasteiger partial charge in [-0.2, -0.15) is 8.42 Å². The van der Waals surface area contributed by atoms with Gasteiger partial charge in [0.1, 0.15) is 11.9 Å². The van der Waals surface area contributed by atoms with Crippen LogP contribution in [0.4, 0.5) is 0 Å². The van der Waals surface area contributed by atoms with Gasteiger partial charge in [-0.25, -0.2) is 0 Å². The summed E-state index contributed by atoms with van der Waals surface area (Å²) in [6, 6.07) is 0. The summed E-state index contributed by atoms with van der Waals surface area (Å²) < 4.78 is 34.4. The summed E-state index contributed by atoms with van der Waals surface area (Å²) >= 11 is 0. The zero-order valence-corrected chi connectivity index (χ0v) is 9.24. The molecule has 6 nitrogen and oxygen atoms in total. The zero-order chi connectivity index (χ0) is 11.4. The highest BCUT2D eigenvalue weighted by molar-refractivity contribution is 7.85. The summed E-state index contributed by atoms with van der Waals surface area (Å²) in [5.74, 6) is -1.15. The first-order valence-electron chi connectivity index (χ1n) is 3.98. The lowest BCUT2D eigenvalue weighted by molar-refractivity contribution is -0.145. The average molecular weight is 225 g/mol. The minimum Gasteiger partial charge on any atom is -0.460 e. The number of carbonyl (C=O) groups excluding carboxylic acids is 1. The summed E-state index contributed by atoms with van der Waals surface area (Å²) in [5.41, 5.74) is 0. The molecule has 0 saturated carbocycles. The smallest absolute Gasteiger partial charge is 0.302 e. The van der Waals surface area contributed by atoms with Crippen molar-refractivity contribution in [2.24, 2.45) is 0 Å². The molecule has 0 aromatic rings. The molecule has 14 heavy (non-hydrogen) atoms. The van der Waals surface area contributed by atoms with Crippen LogP contribution in [0.15, 0.2) is 0 Å². The highest BCUT2D eigenvalue weighted by atomic mass is 32.2. The Kier molecular flexibility index (Phi) is 5.03. The van der Waals surface area contributed by atoms with Gasteiger partial charge < -0.3 is 9.64 Å². The van der Waals surface area contributed by atoms with Crippen LogP contribution in [0, 0.1) is 0 Å². The predicted molar refractivity (Wildman–Crippen MR) is 50.5 cm³/mol. The molecule has 0 bridgehead atoms. The van der Waals surface area contributed by atoms with Crippen molar-refractivity contribution in [2.75, 3.05) is 26.4 Å². The fraction of sp³-hybridized carbons (Fsp3) is 0.857. The number of carbonyl (C=O) groups is 1. The van der Waals surface area contributed by atoms with Crippen molar-refractivity contribution < 1.29 is 22.5 Å². The Labute approximate surface area is 83.6 Å². The number of hydrogen-bond acceptors (Lipinski definition) is 5. The number of esters is 1. The average Bonchev–Trinajstić information content (AvgIpc) is 1.77. The van der Waals surface area contributed by atoms with Crippen LogP contribution in [0.5, 0.6) is 0 Å². The number of likely N-dealkylation sites (N-methyl/N-ethyl adjacent to an activating group) is 1. The molecule has 0 radical (unpaired) electrons. The molecule has 0 aliphatic heterocycles. The van der Waals surface area contributed by atoms with Gasteiger partial charge >= 0.3 is 5.97 Å². The van der Waals surface area contributed by atoms with Gasteiger partial charge in [-0.3, -0.25) is 9.35 Å². The van der Waals surface area contributed by atoms with Crippen LogP contribution < -0.4 is 0 Å². The maximum absolute atomic E-state index is 10.6. The second-order valence-corrected chi connectivity index (χ2v) is 4.74. The minimum absolute atomic E-state index is 0.249. The summed E-state index contributed by atoms with van der Waals surface area (Å²) in [7, 11) is -0.701. The van der Waals surface area contributed by atoms with Crippen LogP contribution in [-0.2, 0) is 19.6 Å². The minimum atomic E-state index is -4.12. The first-order valence-corrected chi connectivity index (χ1v) is 5.58. The zero-order valence-electron chi connectivity index (χ0n) is 8.43. The third-order valence-corrected chi connectivity index (χ3v) is 2.09. The fourth-order valence-electron chi connectivity index (χ4n) is 1.00. The number of nitrogens with zero attached hydrogens (tertiary/aromatic N) is 1. The Balaban J connectivity index is 4.32. The molecule has 0 fully saturated rings. The Bertz CT molecular complexity index is 284. The van der Waals surface area contributed by atoms with Crippen LogP contribution in [0.2, 0.25) is 0 Å². The van der Waals surface area contributed by atoms with E-state index in [4.69, 9.17) is 9.29 Å². The molecule has 1 atom stereocenters. The molecule has 0 spiro atoms. The highest BCUT2D eigenvalue weighted by Crippen LogP contribution is 1.99. The van der Waals surface area contributed by atoms with Crippen LogP contribution in [-0.4, -0.2) is 56.3 Å². The Morgan fingerprint density at radius 2 is 2.00 bits per heavy atom. The van der Waals surface area contributed by atoms with Gasteiger partial charge in [-0.05, 0) is 14.1 Å². The SMILES string of the molecule is CC(=O)OC(CN(C)C)CS(=O)(=O)O. The molecule has 0 rings (SSSR count). The molecule has 0 aromatic carbocycles. The first kappa shape index (κ1) is 13.3. The van der Waals surface area contributed by atoms with Crippen molar-refractivity contribution in [1.82, 2.24) is 4.90 Å². The van der Waals surface area contributed by atoms with Crippen molar-refractivity contribution in [3.05, 3.63) is 0 Å². The Morgan fingerprint density at radius 3 is 2.29 bits per heavy atom. The molecule has 0 heterocycles. The maximum atomic E-state index is 10.6. The summed E-state index contributed by atoms with van der Waals surface area (Å²) in [5, 5.41) is 0. The van der Waals surface area contributed by atoms with E-state index in [0.29, 0.717) is 0 Å². The molecular weight excluding hydrogens is 210 g/mol. The second-order valence-electron chi connectivity index (χ2n) is 3.24. The maximum Gasteiger partial charge on any atom is 0.302 e. The van der Waals surface area contributed by atoms with Gasteiger partial charge in [-0.15, -0.1) is 0 Å². The third-order valence-electron chi connectivity index (χ3n) is 1.30. The number of hydrogen-bond donors (Lipinski definition) is 1. The molecule has 0 aromatic heterocycles. The van der Waals surface area contributed by atoms with Crippen molar-refractivity contribution in [1.29, 1.82) is 0 Å². The van der Waals surface area contributed by atoms with Crippen molar-refractivity contribution in [3.63, 3.8) is 0 Å². The normalized spacial score (nSPS) is 14.1. The van der Waals surface area contributed by atoms with Gasteiger partial charge in [-0.1, -0.05) is 0 Å². The van der Waals surface area contributed by atoms with E-state index < -0.39 is 27.9 Å². The summed E-state index contributed by atoms with van der Waals surface area (Å²) in [6.45, 7) is 1.44. The van der Waals surface area contributed by atoms with E-state index in [0.717, 1.165) is 0 Å². The van der Waals surface area contributed by atoms with Crippen molar-refractivity contribution >= 4 is 16.1 Å². The summed E-state index contributed by atoms with van der Waals surface area (Å²) in [6.07, 6.45) is -0.836. The van der Waals surface area contributed by atoms with Crippen molar-refractivity contribution in [2.45, 2.75) is 13.0 Å². The molecule has 1 unspecified atom stereocenters. The van der Waals surface area contributed by atoms with E-state index in [1.165, 1.54) is 6.92 Å². The second kappa shape index (κ2) is 5.28. The highest BCUT2D eigenvalue weighted by Gasteiger charge is 2.20. The van der Waals surface area contributed by atoms with E-state index >= 15 is 0 Å². The largest absolute Gasteiger partial charge is 0.460 e. The lowest BCUT2D eigenvalue weighted by atomic mass is 10.4. The van der Waals surface area contributed by atoms with Crippen molar-refractivity contribution in [3.8, 4) is 0 Å². The molecule has 0 aliphatic carbocycles.